The number of pyridine rings is 1. The van der Waals surface area contributed by atoms with Crippen LogP contribution in [0.4, 0.5) is 5.82 Å². The smallest absolute Gasteiger partial charge is 0.313 e. The van der Waals surface area contributed by atoms with Crippen LogP contribution < -0.4 is 10.2 Å². The molecule has 37 heavy (non-hydrogen) atoms. The van der Waals surface area contributed by atoms with Gasteiger partial charge >= 0.3 is 5.91 Å². The Hall–Kier alpha value is -5.13. The molecule has 0 radical (unpaired) electrons. The summed E-state index contributed by atoms with van der Waals surface area (Å²) < 4.78 is 6.96. The lowest BCUT2D eigenvalue weighted by atomic mass is 10.0. The minimum absolute atomic E-state index is 0.164. The second-order valence-corrected chi connectivity index (χ2v) is 8.40. The van der Waals surface area contributed by atoms with E-state index in [0.717, 1.165) is 16.8 Å². The van der Waals surface area contributed by atoms with Crippen LogP contribution in [0.15, 0.2) is 55.4 Å². The maximum atomic E-state index is 13.4. The predicted molar refractivity (Wildman–Crippen MR) is 133 cm³/mol. The summed E-state index contributed by atoms with van der Waals surface area (Å²) in [4.78, 5) is 47.1. The normalized spacial score (nSPS) is 12.8. The van der Waals surface area contributed by atoms with Gasteiger partial charge in [0.05, 0.1) is 35.5 Å². The molecule has 0 fully saturated rings. The molecule has 12 heteroatoms. The highest BCUT2D eigenvalue weighted by atomic mass is 16.5. The van der Waals surface area contributed by atoms with Crippen LogP contribution in [0.25, 0.3) is 28.0 Å². The molecular formula is C25H21N9O3. The molecule has 0 atom stereocenters. The number of nitrogens with zero attached hydrogens (tertiary/aromatic N) is 7. The number of ketones is 1. The summed E-state index contributed by atoms with van der Waals surface area (Å²) in [6, 6.07) is 9.76. The Kier molecular flexibility index (Phi) is 5.33. The quantitative estimate of drug-likeness (QED) is 0.278. The Labute approximate surface area is 210 Å². The third-order valence-corrected chi connectivity index (χ3v) is 6.20. The molecule has 12 nitrogen and oxygen atoms in total. The molecule has 1 aliphatic rings. The lowest BCUT2D eigenvalue weighted by molar-refractivity contribution is -0.125. The molecule has 5 heterocycles. The summed E-state index contributed by atoms with van der Waals surface area (Å²) >= 11 is 0. The Morgan fingerprint density at radius 1 is 1.08 bits per heavy atom. The van der Waals surface area contributed by atoms with Crippen LogP contribution in [0.1, 0.15) is 21.7 Å². The minimum Gasteiger partial charge on any atom is -0.494 e. The van der Waals surface area contributed by atoms with E-state index in [4.69, 9.17) is 4.74 Å². The number of hydrogen-bond donors (Lipinski definition) is 2. The van der Waals surface area contributed by atoms with E-state index in [0.29, 0.717) is 40.5 Å². The van der Waals surface area contributed by atoms with E-state index in [1.54, 1.807) is 6.92 Å². The molecule has 1 aromatic carbocycles. The molecule has 1 aliphatic heterocycles. The third kappa shape index (κ3) is 3.75. The van der Waals surface area contributed by atoms with Gasteiger partial charge in [-0.25, -0.2) is 29.6 Å². The standard InChI is InChI=1S/C25H21N9O3/c1-14-30-13-34(31-14)24-21-19(18(37-2)11-27-24)17(10-26-21)22(35)25(36)33-9-8-16-20(15-6-4-3-5-7-15)28-12-29-23(16)32-33/h3-7,10-13,26H,8-9H2,1-2H3,(H,28,29,32). The number of aromatic amines is 1. The minimum atomic E-state index is -0.719. The zero-order chi connectivity index (χ0) is 25.5. The number of amides is 1. The van der Waals surface area contributed by atoms with Crippen molar-refractivity contribution in [2.24, 2.45) is 0 Å². The van der Waals surface area contributed by atoms with Crippen molar-refractivity contribution in [1.29, 1.82) is 0 Å². The fourth-order valence-corrected chi connectivity index (χ4v) is 4.45. The van der Waals surface area contributed by atoms with Gasteiger partial charge in [0.1, 0.15) is 24.2 Å². The first-order chi connectivity index (χ1) is 18.0. The van der Waals surface area contributed by atoms with Gasteiger partial charge in [0.25, 0.3) is 5.78 Å². The topological polar surface area (TPSA) is 144 Å². The molecule has 0 saturated carbocycles. The summed E-state index contributed by atoms with van der Waals surface area (Å²) in [5.41, 5.74) is 6.30. The number of carbonyl (C=O) groups excluding carboxylic acids is 2. The number of ether oxygens (including phenoxy) is 1. The molecule has 0 spiro atoms. The average molecular weight is 496 g/mol. The zero-order valence-electron chi connectivity index (χ0n) is 20.0. The van der Waals surface area contributed by atoms with Crippen molar-refractivity contribution in [1.82, 2.24) is 39.7 Å². The zero-order valence-corrected chi connectivity index (χ0v) is 20.0. The number of carbonyl (C=O) groups is 2. The van der Waals surface area contributed by atoms with Crippen LogP contribution in [0.3, 0.4) is 0 Å². The molecule has 5 aromatic rings. The van der Waals surface area contributed by atoms with E-state index in [1.807, 2.05) is 30.3 Å². The van der Waals surface area contributed by atoms with E-state index in [-0.39, 0.29) is 12.1 Å². The highest BCUT2D eigenvalue weighted by Crippen LogP contribution is 2.33. The van der Waals surface area contributed by atoms with Gasteiger partial charge in [0.2, 0.25) is 0 Å². The number of methoxy groups -OCH3 is 1. The number of hydrogen-bond acceptors (Lipinski definition) is 9. The van der Waals surface area contributed by atoms with Gasteiger partial charge in [0.15, 0.2) is 11.6 Å². The van der Waals surface area contributed by atoms with Crippen LogP contribution in [0, 0.1) is 6.92 Å². The number of nitrogens with one attached hydrogen (secondary N) is 2. The van der Waals surface area contributed by atoms with Gasteiger partial charge in [-0.2, -0.15) is 5.10 Å². The SMILES string of the molecule is COc1cnc(-n2cnc(C)n2)c2[nH]cc(C(=O)C(=O)N3CCc4c(ncnc4-c4ccccc4)N3)c12. The van der Waals surface area contributed by atoms with E-state index in [9.17, 15) is 9.59 Å². The first-order valence-corrected chi connectivity index (χ1v) is 11.5. The Balaban J connectivity index is 1.32. The van der Waals surface area contributed by atoms with Crippen LogP contribution in [-0.4, -0.2) is 65.1 Å². The van der Waals surface area contributed by atoms with E-state index in [2.05, 4.69) is 35.4 Å². The molecule has 0 saturated heterocycles. The van der Waals surface area contributed by atoms with Crippen LogP contribution >= 0.6 is 0 Å². The number of rotatable bonds is 5. The molecule has 2 N–H and O–H groups in total. The molecule has 184 valence electrons. The molecule has 0 bridgehead atoms. The molecule has 1 amide bonds. The molecule has 0 aliphatic carbocycles. The Morgan fingerprint density at radius 3 is 2.68 bits per heavy atom. The molecule has 4 aromatic heterocycles. The van der Waals surface area contributed by atoms with Crippen molar-refractivity contribution in [3.63, 3.8) is 0 Å². The number of Topliss-reactive ketones (excluding diaryl/α,β-unsaturated/α-hetero) is 1. The van der Waals surface area contributed by atoms with Crippen molar-refractivity contribution in [3.8, 4) is 22.8 Å². The van der Waals surface area contributed by atoms with Crippen LogP contribution in [0.2, 0.25) is 0 Å². The number of aromatic nitrogens is 7. The first kappa shape index (κ1) is 22.3. The van der Waals surface area contributed by atoms with Crippen molar-refractivity contribution < 1.29 is 14.3 Å². The summed E-state index contributed by atoms with van der Waals surface area (Å²) in [7, 11) is 1.48. The molecule has 6 rings (SSSR count). The van der Waals surface area contributed by atoms with Crippen molar-refractivity contribution in [3.05, 3.63) is 72.3 Å². The maximum Gasteiger partial charge on any atom is 0.313 e. The maximum absolute atomic E-state index is 13.4. The third-order valence-electron chi connectivity index (χ3n) is 6.20. The number of anilines is 1. The summed E-state index contributed by atoms with van der Waals surface area (Å²) in [5.74, 6) is 0.418. The number of hydrazine groups is 1. The van der Waals surface area contributed by atoms with Gasteiger partial charge in [-0.15, -0.1) is 0 Å². The van der Waals surface area contributed by atoms with Gasteiger partial charge in [-0.1, -0.05) is 30.3 Å². The number of fused-ring (bicyclic) bond motifs is 2. The lowest BCUT2D eigenvalue weighted by Gasteiger charge is -2.29. The van der Waals surface area contributed by atoms with Crippen molar-refractivity contribution in [2.75, 3.05) is 19.1 Å². The number of benzene rings is 1. The average Bonchev–Trinajstić information content (AvgIpc) is 3.58. The summed E-state index contributed by atoms with van der Waals surface area (Å²) in [6.07, 6.45) is 6.42. The fourth-order valence-electron chi connectivity index (χ4n) is 4.45. The number of H-pyrrole nitrogens is 1. The first-order valence-electron chi connectivity index (χ1n) is 11.5. The van der Waals surface area contributed by atoms with Crippen LogP contribution in [0.5, 0.6) is 5.75 Å². The van der Waals surface area contributed by atoms with Crippen molar-refractivity contribution in [2.45, 2.75) is 13.3 Å². The largest absolute Gasteiger partial charge is 0.494 e. The van der Waals surface area contributed by atoms with E-state index in [1.165, 1.54) is 41.8 Å². The Morgan fingerprint density at radius 2 is 1.92 bits per heavy atom. The lowest BCUT2D eigenvalue weighted by Crippen LogP contribution is -2.45. The van der Waals surface area contributed by atoms with E-state index < -0.39 is 11.7 Å². The summed E-state index contributed by atoms with van der Waals surface area (Å²) in [5, 5.41) is 6.01. The second kappa shape index (κ2) is 8.82. The summed E-state index contributed by atoms with van der Waals surface area (Å²) in [6.45, 7) is 2.03. The highest BCUT2D eigenvalue weighted by Gasteiger charge is 2.31. The van der Waals surface area contributed by atoms with Gasteiger partial charge in [0, 0.05) is 23.9 Å². The van der Waals surface area contributed by atoms with Crippen molar-refractivity contribution >= 4 is 28.4 Å². The van der Waals surface area contributed by atoms with Crippen LogP contribution in [-0.2, 0) is 11.2 Å². The highest BCUT2D eigenvalue weighted by molar-refractivity contribution is 6.45. The predicted octanol–water partition coefficient (Wildman–Crippen LogP) is 2.51. The Bertz CT molecular complexity index is 1660. The molecule has 0 unspecified atom stereocenters. The van der Waals surface area contributed by atoms with E-state index >= 15 is 0 Å². The van der Waals surface area contributed by atoms with Gasteiger partial charge in [-0.05, 0) is 13.3 Å². The number of aryl methyl sites for hydroxylation is 1. The fraction of sp³-hybridized carbons (Fsp3) is 0.160. The van der Waals surface area contributed by atoms with Gasteiger partial charge in [-0.3, -0.25) is 15.0 Å². The molecular weight excluding hydrogens is 474 g/mol. The monoisotopic (exact) mass is 495 g/mol. The van der Waals surface area contributed by atoms with Gasteiger partial charge < -0.3 is 9.72 Å². The second-order valence-electron chi connectivity index (χ2n) is 8.40.